The van der Waals surface area contributed by atoms with Crippen molar-refractivity contribution in [2.24, 2.45) is 7.05 Å². The number of anilines is 1. The van der Waals surface area contributed by atoms with Crippen LogP contribution < -0.4 is 10.2 Å². The molecule has 146 valence electrons. The van der Waals surface area contributed by atoms with Crippen molar-refractivity contribution in [3.63, 3.8) is 0 Å². The highest BCUT2D eigenvalue weighted by atomic mass is 19.4. The van der Waals surface area contributed by atoms with Crippen molar-refractivity contribution in [2.75, 3.05) is 18.0 Å². The highest BCUT2D eigenvalue weighted by Crippen LogP contribution is 2.29. The van der Waals surface area contributed by atoms with E-state index in [2.05, 4.69) is 31.6 Å². The van der Waals surface area contributed by atoms with Crippen LogP contribution in [-0.4, -0.2) is 51.0 Å². The SMILES string of the molecule is C=CC(=O)NCc1nc(N2CCC(OC(F)(F)F)CC2)c2ncn(C)c2n1. The molecule has 3 rings (SSSR count). The van der Waals surface area contributed by atoms with Gasteiger partial charge in [0.05, 0.1) is 19.0 Å². The first kappa shape index (κ1) is 19.1. The Morgan fingerprint density at radius 3 is 2.74 bits per heavy atom. The number of hydrogen-bond donors (Lipinski definition) is 1. The largest absolute Gasteiger partial charge is 0.522 e. The number of imidazole rings is 1. The number of halogens is 3. The molecule has 0 unspecified atom stereocenters. The van der Waals surface area contributed by atoms with E-state index in [4.69, 9.17) is 0 Å². The maximum Gasteiger partial charge on any atom is 0.522 e. The van der Waals surface area contributed by atoms with Crippen LogP contribution in [0.4, 0.5) is 19.0 Å². The van der Waals surface area contributed by atoms with Crippen LogP contribution in [0.2, 0.25) is 0 Å². The zero-order valence-electron chi connectivity index (χ0n) is 14.7. The second kappa shape index (κ2) is 7.51. The predicted octanol–water partition coefficient (Wildman–Crippen LogP) is 1.67. The number of rotatable bonds is 5. The van der Waals surface area contributed by atoms with E-state index < -0.39 is 12.5 Å². The molecule has 1 saturated heterocycles. The van der Waals surface area contributed by atoms with Crippen LogP contribution in [0.3, 0.4) is 0 Å². The van der Waals surface area contributed by atoms with Gasteiger partial charge < -0.3 is 14.8 Å². The molecule has 1 aliphatic heterocycles. The lowest BCUT2D eigenvalue weighted by atomic mass is 10.1. The highest BCUT2D eigenvalue weighted by Gasteiger charge is 2.35. The number of carbonyl (C=O) groups excluding carboxylic acids is 1. The minimum absolute atomic E-state index is 0.104. The first-order valence-corrected chi connectivity index (χ1v) is 8.34. The summed E-state index contributed by atoms with van der Waals surface area (Å²) in [6, 6.07) is 0. The number of piperidine rings is 1. The third kappa shape index (κ3) is 4.54. The van der Waals surface area contributed by atoms with Crippen molar-refractivity contribution in [2.45, 2.75) is 31.9 Å². The van der Waals surface area contributed by atoms with Gasteiger partial charge in [0.25, 0.3) is 0 Å². The van der Waals surface area contributed by atoms with Gasteiger partial charge in [0.1, 0.15) is 0 Å². The van der Waals surface area contributed by atoms with Gasteiger partial charge in [0.2, 0.25) is 5.91 Å². The van der Waals surface area contributed by atoms with Gasteiger partial charge in [-0.2, -0.15) is 0 Å². The molecule has 3 heterocycles. The molecule has 0 saturated carbocycles. The predicted molar refractivity (Wildman–Crippen MR) is 90.7 cm³/mol. The summed E-state index contributed by atoms with van der Waals surface area (Å²) in [5.74, 6) is 0.564. The van der Waals surface area contributed by atoms with Crippen LogP contribution in [0.1, 0.15) is 18.7 Å². The van der Waals surface area contributed by atoms with Crippen LogP contribution in [0.15, 0.2) is 19.0 Å². The molecule has 1 fully saturated rings. The summed E-state index contributed by atoms with van der Waals surface area (Å²) in [5.41, 5.74) is 1.14. The van der Waals surface area contributed by atoms with Crippen LogP contribution in [0.5, 0.6) is 0 Å². The topological polar surface area (TPSA) is 85.2 Å². The lowest BCUT2D eigenvalue weighted by Gasteiger charge is -2.33. The summed E-state index contributed by atoms with van der Waals surface area (Å²) >= 11 is 0. The number of alkyl halides is 3. The maximum absolute atomic E-state index is 12.4. The standard InChI is InChI=1S/C16H19F3N6O2/c1-3-12(26)20-8-11-22-14-13(21-9-24(14)2)15(23-11)25-6-4-10(5-7-25)27-16(17,18)19/h3,9-10H,1,4-8H2,2H3,(H,20,26). The van der Waals surface area contributed by atoms with Crippen molar-refractivity contribution in [1.29, 1.82) is 0 Å². The van der Waals surface area contributed by atoms with E-state index in [1.165, 1.54) is 0 Å². The average molecular weight is 384 g/mol. The van der Waals surface area contributed by atoms with Crippen molar-refractivity contribution in [1.82, 2.24) is 24.8 Å². The van der Waals surface area contributed by atoms with Gasteiger partial charge in [-0.1, -0.05) is 6.58 Å². The van der Waals surface area contributed by atoms with E-state index in [1.807, 2.05) is 4.90 Å². The normalized spacial score (nSPS) is 15.9. The van der Waals surface area contributed by atoms with Gasteiger partial charge in [0, 0.05) is 20.1 Å². The number of aryl methyl sites for hydroxylation is 1. The molecular weight excluding hydrogens is 365 g/mol. The lowest BCUT2D eigenvalue weighted by molar-refractivity contribution is -0.344. The first-order valence-electron chi connectivity index (χ1n) is 8.34. The maximum atomic E-state index is 12.4. The second-order valence-electron chi connectivity index (χ2n) is 6.16. The molecule has 0 spiro atoms. The Labute approximate surface area is 153 Å². The van der Waals surface area contributed by atoms with Gasteiger partial charge in [-0.05, 0) is 18.9 Å². The average Bonchev–Trinajstić information content (AvgIpc) is 2.99. The molecule has 0 aromatic carbocycles. The summed E-state index contributed by atoms with van der Waals surface area (Å²) in [6.07, 6.45) is -2.31. The van der Waals surface area contributed by atoms with Crippen LogP contribution in [0.25, 0.3) is 11.2 Å². The van der Waals surface area contributed by atoms with Gasteiger partial charge in [-0.3, -0.25) is 9.53 Å². The zero-order chi connectivity index (χ0) is 19.6. The Hall–Kier alpha value is -2.69. The summed E-state index contributed by atoms with van der Waals surface area (Å²) in [5, 5.41) is 2.61. The van der Waals surface area contributed by atoms with Crippen LogP contribution in [-0.2, 0) is 23.1 Å². The quantitative estimate of drug-likeness (QED) is 0.790. The summed E-state index contributed by atoms with van der Waals surface area (Å²) in [7, 11) is 1.78. The number of aromatic nitrogens is 4. The Balaban J connectivity index is 1.81. The van der Waals surface area contributed by atoms with Crippen LogP contribution >= 0.6 is 0 Å². The molecule has 2 aromatic heterocycles. The Morgan fingerprint density at radius 1 is 1.41 bits per heavy atom. The summed E-state index contributed by atoms with van der Waals surface area (Å²) in [4.78, 5) is 26.4. The number of fused-ring (bicyclic) bond motifs is 1. The molecule has 1 N–H and O–H groups in total. The van der Waals surface area contributed by atoms with E-state index in [9.17, 15) is 18.0 Å². The van der Waals surface area contributed by atoms with Crippen LogP contribution in [0, 0.1) is 0 Å². The van der Waals surface area contributed by atoms with Crippen molar-refractivity contribution in [3.8, 4) is 0 Å². The van der Waals surface area contributed by atoms with E-state index in [1.54, 1.807) is 17.9 Å². The second-order valence-corrected chi connectivity index (χ2v) is 6.16. The van der Waals surface area contributed by atoms with Crippen molar-refractivity contribution >= 4 is 22.9 Å². The van der Waals surface area contributed by atoms with E-state index >= 15 is 0 Å². The fraction of sp³-hybridized carbons (Fsp3) is 0.500. The molecule has 1 aliphatic rings. The molecule has 27 heavy (non-hydrogen) atoms. The minimum atomic E-state index is -4.63. The minimum Gasteiger partial charge on any atom is -0.354 e. The number of nitrogens with one attached hydrogen (secondary N) is 1. The van der Waals surface area contributed by atoms with Crippen molar-refractivity contribution in [3.05, 3.63) is 24.8 Å². The van der Waals surface area contributed by atoms with Gasteiger partial charge in [-0.15, -0.1) is 13.2 Å². The fourth-order valence-electron chi connectivity index (χ4n) is 2.95. The highest BCUT2D eigenvalue weighted by molar-refractivity contribution is 5.87. The lowest BCUT2D eigenvalue weighted by Crippen LogP contribution is -2.39. The van der Waals surface area contributed by atoms with E-state index in [0.717, 1.165) is 6.08 Å². The van der Waals surface area contributed by atoms with E-state index in [-0.39, 0.29) is 25.3 Å². The molecule has 0 aliphatic carbocycles. The Bertz CT molecular complexity index is 843. The number of hydrogen-bond acceptors (Lipinski definition) is 6. The zero-order valence-corrected chi connectivity index (χ0v) is 14.7. The van der Waals surface area contributed by atoms with Crippen molar-refractivity contribution < 1.29 is 22.7 Å². The molecular formula is C16H19F3N6O2. The third-order valence-corrected chi connectivity index (χ3v) is 4.24. The molecule has 11 heteroatoms. The Kier molecular flexibility index (Phi) is 5.31. The molecule has 0 radical (unpaired) electrons. The number of carbonyl (C=O) groups is 1. The number of amides is 1. The van der Waals surface area contributed by atoms with E-state index in [0.29, 0.717) is 35.9 Å². The van der Waals surface area contributed by atoms with Gasteiger partial charge in [-0.25, -0.2) is 15.0 Å². The molecule has 0 bridgehead atoms. The summed E-state index contributed by atoms with van der Waals surface area (Å²) < 4.78 is 43.0. The smallest absolute Gasteiger partial charge is 0.354 e. The molecule has 2 aromatic rings. The third-order valence-electron chi connectivity index (χ3n) is 4.24. The number of nitrogens with zero attached hydrogens (tertiary/aromatic N) is 5. The number of ether oxygens (including phenoxy) is 1. The molecule has 1 amide bonds. The summed E-state index contributed by atoms with van der Waals surface area (Å²) in [6.45, 7) is 4.19. The van der Waals surface area contributed by atoms with Gasteiger partial charge in [0.15, 0.2) is 22.8 Å². The molecule has 0 atom stereocenters. The Morgan fingerprint density at radius 2 is 2.11 bits per heavy atom. The van der Waals surface area contributed by atoms with Gasteiger partial charge >= 0.3 is 6.36 Å². The first-order chi connectivity index (χ1) is 12.8. The molecule has 8 nitrogen and oxygen atoms in total. The fourth-order valence-corrected chi connectivity index (χ4v) is 2.95. The monoisotopic (exact) mass is 384 g/mol.